The Kier molecular flexibility index (Phi) is 4.75. The van der Waals surface area contributed by atoms with Crippen LogP contribution >= 0.6 is 0 Å². The number of nitrogens with zero attached hydrogens (tertiary/aromatic N) is 1. The molecule has 0 aliphatic heterocycles. The Balaban J connectivity index is 4.23. The molecular weight excluding hydrogens is 330 g/mol. The molecule has 0 unspecified atom stereocenters. The first-order valence-corrected chi connectivity index (χ1v) is 23.6. The molecule has 0 fully saturated rings. The molecule has 10 heavy (non-hydrogen) atoms. The van der Waals surface area contributed by atoms with Crippen molar-refractivity contribution in [2.45, 2.75) is 29.6 Å². The molecule has 0 heterocycles. The normalized spacial score (nSPS) is 14.5. The quantitative estimate of drug-likeness (QED) is 0.691. The first-order valence-electron chi connectivity index (χ1n) is 3.89. The van der Waals surface area contributed by atoms with Crippen molar-refractivity contribution in [3.8, 4) is 0 Å². The van der Waals surface area contributed by atoms with Crippen molar-refractivity contribution < 1.29 is 0 Å². The molecule has 0 aromatic rings. The fourth-order valence-corrected chi connectivity index (χ4v) is 45.3. The van der Waals surface area contributed by atoms with Crippen LogP contribution in [0.5, 0.6) is 0 Å². The van der Waals surface area contributed by atoms with Gasteiger partial charge in [-0.3, -0.25) is 0 Å². The predicted molar refractivity (Wildman–Crippen MR) is 54.3 cm³/mol. The Morgan fingerprint density at radius 2 is 1.00 bits per heavy atom. The van der Waals surface area contributed by atoms with Crippen LogP contribution in [-0.2, 0) is 0 Å². The molecule has 0 aromatic carbocycles. The van der Waals surface area contributed by atoms with Crippen molar-refractivity contribution >= 4 is 55.2 Å². The summed E-state index contributed by atoms with van der Waals surface area (Å²) in [4.78, 5) is 15.0. The van der Waals surface area contributed by atoms with E-state index in [4.69, 9.17) is 0 Å². The van der Waals surface area contributed by atoms with E-state index >= 15 is 0 Å². The molecule has 0 amide bonds. The van der Waals surface area contributed by atoms with Gasteiger partial charge in [-0.25, -0.2) is 0 Å². The molecule has 0 bridgehead atoms. The van der Waals surface area contributed by atoms with Gasteiger partial charge in [0.05, 0.1) is 0 Å². The third kappa shape index (κ3) is 4.25. The summed E-state index contributed by atoms with van der Waals surface area (Å²) in [6.07, 6.45) is 0. The van der Waals surface area contributed by atoms with Crippen molar-refractivity contribution in [3.05, 3.63) is 0 Å². The van der Waals surface area contributed by atoms with Crippen LogP contribution in [0.25, 0.3) is 0 Å². The average molecular weight is 349 g/mol. The molecule has 1 nitrogen and oxygen atoms in total. The van der Waals surface area contributed by atoms with E-state index in [0.29, 0.717) is 0 Å². The molecule has 0 spiro atoms. The Bertz CT molecular complexity index is 99.9. The van der Waals surface area contributed by atoms with E-state index in [1.165, 1.54) is 0 Å². The second-order valence-corrected chi connectivity index (χ2v) is 37.2. The second-order valence-electron chi connectivity index (χ2n) is 4.90. The zero-order chi connectivity index (χ0) is 8.58. The Morgan fingerprint density at radius 3 is 1.00 bits per heavy atom. The van der Waals surface area contributed by atoms with Crippen LogP contribution < -0.4 is 0 Å². The van der Waals surface area contributed by atoms with Gasteiger partial charge < -0.3 is 0 Å². The van der Waals surface area contributed by atoms with E-state index in [0.717, 1.165) is 0 Å². The zero-order valence-electron chi connectivity index (χ0n) is 8.45. The molecule has 0 radical (unpaired) electrons. The summed E-state index contributed by atoms with van der Waals surface area (Å²) in [7, 11) is 0. The van der Waals surface area contributed by atoms with Crippen molar-refractivity contribution in [2.24, 2.45) is 0 Å². The van der Waals surface area contributed by atoms with Gasteiger partial charge in [-0.15, -0.1) is 0 Å². The first-order chi connectivity index (χ1) is 4.15. The molecule has 0 atom stereocenters. The monoisotopic (exact) mass is 351 g/mol. The summed E-state index contributed by atoms with van der Waals surface area (Å²) in [6, 6.07) is 0. The van der Waals surface area contributed by atoms with Crippen molar-refractivity contribution in [2.75, 3.05) is 0 Å². The van der Waals surface area contributed by atoms with Crippen molar-refractivity contribution in [1.29, 1.82) is 0 Å². The fraction of sp³-hybridized carbons (Fsp3) is 1.00. The van der Waals surface area contributed by atoms with E-state index < -0.39 is 37.3 Å². The molecular formula is C6H18LiNSn2. The topological polar surface area (TPSA) is 3.24 Å². The summed E-state index contributed by atoms with van der Waals surface area (Å²) in [5.74, 6) is 0. The van der Waals surface area contributed by atoms with Crippen LogP contribution in [0.15, 0.2) is 0 Å². The minimum atomic E-state index is -1.65. The summed E-state index contributed by atoms with van der Waals surface area (Å²) < 4.78 is 2.80. The van der Waals surface area contributed by atoms with E-state index in [1.54, 1.807) is 0 Å². The van der Waals surface area contributed by atoms with Crippen molar-refractivity contribution in [3.63, 3.8) is 0 Å². The third-order valence-electron chi connectivity index (χ3n) is 2.01. The van der Waals surface area contributed by atoms with Gasteiger partial charge in [0.15, 0.2) is 0 Å². The number of hydrogen-bond donors (Lipinski definition) is 0. The number of hydrogen-bond acceptors (Lipinski definition) is 1. The molecule has 0 rings (SSSR count). The van der Waals surface area contributed by atoms with Gasteiger partial charge in [0, 0.05) is 0 Å². The molecule has 0 N–H and O–H groups in total. The summed E-state index contributed by atoms with van der Waals surface area (Å²) >= 11 is -0.956. The van der Waals surface area contributed by atoms with E-state index in [2.05, 4.69) is 47.7 Å². The number of rotatable bonds is 2. The molecule has 0 saturated carbocycles. The van der Waals surface area contributed by atoms with Gasteiger partial charge in [0.1, 0.15) is 0 Å². The summed E-state index contributed by atoms with van der Waals surface area (Å²) in [5, 5.41) is 0. The van der Waals surface area contributed by atoms with E-state index in [-0.39, 0.29) is 0 Å². The molecule has 0 aromatic heterocycles. The van der Waals surface area contributed by atoms with Crippen LogP contribution in [0, 0.1) is 0 Å². The maximum atomic E-state index is 2.80. The van der Waals surface area contributed by atoms with Crippen LogP contribution in [0.4, 0.5) is 0 Å². The molecule has 0 aliphatic carbocycles. The van der Waals surface area contributed by atoms with Crippen LogP contribution in [0.3, 0.4) is 0 Å². The summed E-state index contributed by atoms with van der Waals surface area (Å²) in [5.41, 5.74) is 0. The molecule has 0 aliphatic rings. The van der Waals surface area contributed by atoms with Gasteiger partial charge in [-0.2, -0.15) is 0 Å². The van der Waals surface area contributed by atoms with Gasteiger partial charge in [0.2, 0.25) is 0 Å². The van der Waals surface area contributed by atoms with E-state index in [9.17, 15) is 0 Å². The average Bonchev–Trinajstić information content (AvgIpc) is 1.59. The minimum absolute atomic E-state index is 1.65. The first kappa shape index (κ1) is 12.2. The molecule has 0 saturated heterocycles. The zero-order valence-corrected chi connectivity index (χ0v) is 14.2. The van der Waals surface area contributed by atoms with Gasteiger partial charge in [0.25, 0.3) is 0 Å². The third-order valence-corrected chi connectivity index (χ3v) is 39.2. The van der Waals surface area contributed by atoms with Crippen molar-refractivity contribution in [1.82, 2.24) is 0.157 Å². The summed E-state index contributed by atoms with van der Waals surface area (Å²) in [6.45, 7) is 0. The van der Waals surface area contributed by atoms with Gasteiger partial charge >= 0.3 is 85.0 Å². The SMILES string of the molecule is [Li][N]([Sn]([CH3])([CH3])[CH3])[Sn]([CH3])([CH3])[CH3]. The van der Waals surface area contributed by atoms with Crippen LogP contribution in [-0.4, -0.2) is 55.4 Å². The maximum absolute atomic E-state index is 2.80. The molecule has 4 heteroatoms. The van der Waals surface area contributed by atoms with Gasteiger partial charge in [-0.05, 0) is 0 Å². The second kappa shape index (κ2) is 3.91. The Labute approximate surface area is 83.8 Å². The standard InChI is InChI=1S/6CH3.Li.N.2Sn/h6*1H3;;;;. The van der Waals surface area contributed by atoms with E-state index in [1.807, 2.05) is 0 Å². The van der Waals surface area contributed by atoms with Gasteiger partial charge in [-0.1, -0.05) is 0 Å². The van der Waals surface area contributed by atoms with Crippen LogP contribution in [0.2, 0.25) is 29.6 Å². The predicted octanol–water partition coefficient (Wildman–Crippen LogP) is 2.04. The Hall–Kier alpha value is 2.15. The fourth-order valence-electron chi connectivity index (χ4n) is 1.01. The van der Waals surface area contributed by atoms with Crippen LogP contribution in [0.1, 0.15) is 0 Å². The Morgan fingerprint density at radius 1 is 0.800 bits per heavy atom. The molecule has 56 valence electrons.